The Morgan fingerprint density at radius 1 is 1.38 bits per heavy atom. The molecule has 0 saturated carbocycles. The molecule has 1 aromatic carbocycles. The Bertz CT molecular complexity index is 724. The Labute approximate surface area is 127 Å². The van der Waals surface area contributed by atoms with Crippen LogP contribution < -0.4 is 5.32 Å². The summed E-state index contributed by atoms with van der Waals surface area (Å²) in [5, 5.41) is 13.7. The van der Waals surface area contributed by atoms with Crippen molar-refractivity contribution in [2.45, 2.75) is 18.9 Å². The van der Waals surface area contributed by atoms with Crippen LogP contribution in [-0.4, -0.2) is 17.6 Å². The molecule has 1 aromatic heterocycles. The molecule has 3 nitrogen and oxygen atoms in total. The molecular weight excluding hydrogens is 282 g/mol. The van der Waals surface area contributed by atoms with Gasteiger partial charge >= 0.3 is 0 Å². The fraction of sp³-hybridized carbons (Fsp3) is 0.235. The normalized spacial score (nSPS) is 15.4. The molecule has 1 heterocycles. The smallest absolute Gasteiger partial charge is 0.228 e. The summed E-state index contributed by atoms with van der Waals surface area (Å²) in [7, 11) is 0. The van der Waals surface area contributed by atoms with Crippen LogP contribution in [0.3, 0.4) is 0 Å². The third-order valence-corrected chi connectivity index (χ3v) is 4.56. The summed E-state index contributed by atoms with van der Waals surface area (Å²) < 4.78 is 0. The molecule has 1 aliphatic rings. The summed E-state index contributed by atoms with van der Waals surface area (Å²) in [4.78, 5) is 13.3. The molecule has 2 N–H and O–H groups in total. The van der Waals surface area contributed by atoms with Crippen molar-refractivity contribution in [3.05, 3.63) is 57.3 Å². The van der Waals surface area contributed by atoms with Crippen LogP contribution in [0.1, 0.15) is 27.5 Å². The SMILES string of the molecule is O=C(NCc1sccc1C#CCO)C1Cc2ccccc21. The lowest BCUT2D eigenvalue weighted by molar-refractivity contribution is -0.123. The molecule has 0 fully saturated rings. The number of carbonyl (C=O) groups excluding carboxylic acids is 1. The monoisotopic (exact) mass is 297 g/mol. The molecule has 2 aromatic rings. The summed E-state index contributed by atoms with van der Waals surface area (Å²) >= 11 is 1.57. The van der Waals surface area contributed by atoms with Crippen LogP contribution in [0.4, 0.5) is 0 Å². The van der Waals surface area contributed by atoms with Gasteiger partial charge in [-0.25, -0.2) is 0 Å². The van der Waals surface area contributed by atoms with Gasteiger partial charge in [0.25, 0.3) is 0 Å². The molecule has 1 aliphatic carbocycles. The fourth-order valence-electron chi connectivity index (χ4n) is 2.51. The number of hydrogen-bond donors (Lipinski definition) is 2. The van der Waals surface area contributed by atoms with Gasteiger partial charge in [-0.15, -0.1) is 11.3 Å². The van der Waals surface area contributed by atoms with Gasteiger partial charge in [0.2, 0.25) is 5.91 Å². The van der Waals surface area contributed by atoms with Crippen molar-refractivity contribution in [3.8, 4) is 11.8 Å². The van der Waals surface area contributed by atoms with E-state index < -0.39 is 0 Å². The lowest BCUT2D eigenvalue weighted by Crippen LogP contribution is -2.35. The van der Waals surface area contributed by atoms with Gasteiger partial charge in [0, 0.05) is 10.4 Å². The quantitative estimate of drug-likeness (QED) is 0.852. The summed E-state index contributed by atoms with van der Waals surface area (Å²) in [5.74, 6) is 5.59. The van der Waals surface area contributed by atoms with E-state index in [0.29, 0.717) is 6.54 Å². The van der Waals surface area contributed by atoms with Gasteiger partial charge < -0.3 is 10.4 Å². The Balaban J connectivity index is 1.62. The highest BCUT2D eigenvalue weighted by atomic mass is 32.1. The first-order valence-electron chi connectivity index (χ1n) is 6.81. The second kappa shape index (κ2) is 6.13. The number of nitrogens with one attached hydrogen (secondary N) is 1. The van der Waals surface area contributed by atoms with Crippen LogP contribution in [0, 0.1) is 11.8 Å². The highest BCUT2D eigenvalue weighted by Crippen LogP contribution is 2.34. The van der Waals surface area contributed by atoms with Crippen molar-refractivity contribution in [3.63, 3.8) is 0 Å². The second-order valence-electron chi connectivity index (χ2n) is 4.89. The lowest BCUT2D eigenvalue weighted by Gasteiger charge is -2.28. The summed E-state index contributed by atoms with van der Waals surface area (Å²) in [6.45, 7) is 0.338. The predicted octanol–water partition coefficient (Wildman–Crippen LogP) is 2.05. The van der Waals surface area contributed by atoms with Crippen molar-refractivity contribution in [1.82, 2.24) is 5.32 Å². The maximum atomic E-state index is 12.2. The standard InChI is InChI=1S/C17H15NO2S/c19-8-3-5-12-7-9-21-16(12)11-18-17(20)15-10-13-4-1-2-6-14(13)15/h1-2,4,6-7,9,15,19H,8,10-11H2,(H,18,20). The van der Waals surface area contributed by atoms with E-state index in [1.54, 1.807) is 11.3 Å². The predicted molar refractivity (Wildman–Crippen MR) is 83.0 cm³/mol. The number of rotatable bonds is 3. The minimum atomic E-state index is -0.152. The summed E-state index contributed by atoms with van der Waals surface area (Å²) in [6.07, 6.45) is 0.823. The Morgan fingerprint density at radius 2 is 2.24 bits per heavy atom. The molecule has 0 saturated heterocycles. The summed E-state index contributed by atoms with van der Waals surface area (Å²) in [6, 6.07) is 9.98. The van der Waals surface area contributed by atoms with E-state index >= 15 is 0 Å². The molecule has 3 rings (SSSR count). The van der Waals surface area contributed by atoms with E-state index in [2.05, 4.69) is 23.2 Å². The van der Waals surface area contributed by atoms with E-state index in [9.17, 15) is 4.79 Å². The van der Waals surface area contributed by atoms with Crippen molar-refractivity contribution in [1.29, 1.82) is 0 Å². The van der Waals surface area contributed by atoms with Gasteiger partial charge in [-0.3, -0.25) is 4.79 Å². The number of aliphatic hydroxyl groups excluding tert-OH is 1. The molecule has 21 heavy (non-hydrogen) atoms. The molecule has 106 valence electrons. The number of fused-ring (bicyclic) bond motifs is 1. The molecule has 0 spiro atoms. The van der Waals surface area contributed by atoms with Crippen LogP contribution in [0.5, 0.6) is 0 Å². The van der Waals surface area contributed by atoms with Gasteiger partial charge in [0.1, 0.15) is 6.61 Å². The van der Waals surface area contributed by atoms with E-state index in [1.165, 1.54) is 5.56 Å². The zero-order chi connectivity index (χ0) is 14.7. The van der Waals surface area contributed by atoms with Gasteiger partial charge in [0.15, 0.2) is 0 Å². The zero-order valence-corrected chi connectivity index (χ0v) is 12.2. The average molecular weight is 297 g/mol. The first-order chi connectivity index (χ1) is 10.3. The largest absolute Gasteiger partial charge is 0.384 e. The molecule has 4 heteroatoms. The molecule has 1 amide bonds. The Morgan fingerprint density at radius 3 is 3.05 bits per heavy atom. The maximum absolute atomic E-state index is 12.2. The minimum Gasteiger partial charge on any atom is -0.384 e. The summed E-state index contributed by atoms with van der Waals surface area (Å²) in [5.41, 5.74) is 3.29. The van der Waals surface area contributed by atoms with Crippen molar-refractivity contribution in [2.24, 2.45) is 0 Å². The molecule has 1 unspecified atom stereocenters. The Hall–Kier alpha value is -2.09. The second-order valence-corrected chi connectivity index (χ2v) is 5.89. The molecule has 0 aliphatic heterocycles. The number of benzene rings is 1. The van der Waals surface area contributed by atoms with E-state index in [4.69, 9.17) is 5.11 Å². The number of carbonyl (C=O) groups is 1. The van der Waals surface area contributed by atoms with Gasteiger partial charge in [-0.05, 0) is 29.0 Å². The molecule has 0 bridgehead atoms. The highest BCUT2D eigenvalue weighted by molar-refractivity contribution is 7.10. The third-order valence-electron chi connectivity index (χ3n) is 3.64. The third kappa shape index (κ3) is 2.85. The van der Waals surface area contributed by atoms with Crippen LogP contribution >= 0.6 is 11.3 Å². The zero-order valence-electron chi connectivity index (χ0n) is 11.4. The van der Waals surface area contributed by atoms with E-state index in [0.717, 1.165) is 22.4 Å². The van der Waals surface area contributed by atoms with Crippen LogP contribution in [0.25, 0.3) is 0 Å². The average Bonchev–Trinajstić information content (AvgIpc) is 2.91. The van der Waals surface area contributed by atoms with Gasteiger partial charge in [0.05, 0.1) is 12.5 Å². The van der Waals surface area contributed by atoms with Crippen molar-refractivity contribution >= 4 is 17.2 Å². The topological polar surface area (TPSA) is 49.3 Å². The lowest BCUT2D eigenvalue weighted by atomic mass is 9.77. The molecular formula is C17H15NO2S. The maximum Gasteiger partial charge on any atom is 0.228 e. The van der Waals surface area contributed by atoms with Crippen molar-refractivity contribution in [2.75, 3.05) is 6.61 Å². The Kier molecular flexibility index (Phi) is 4.05. The first kappa shape index (κ1) is 13.9. The van der Waals surface area contributed by atoms with Gasteiger partial charge in [-0.1, -0.05) is 36.1 Å². The number of hydrogen-bond acceptors (Lipinski definition) is 3. The number of thiophene rings is 1. The van der Waals surface area contributed by atoms with Crippen LogP contribution in [-0.2, 0) is 17.8 Å². The number of aliphatic hydroxyl groups is 1. The first-order valence-corrected chi connectivity index (χ1v) is 7.69. The van der Waals surface area contributed by atoms with E-state index in [1.807, 2.05) is 29.6 Å². The fourth-order valence-corrected chi connectivity index (χ4v) is 3.28. The molecule has 1 atom stereocenters. The van der Waals surface area contributed by atoms with E-state index in [-0.39, 0.29) is 18.4 Å². The van der Waals surface area contributed by atoms with Crippen molar-refractivity contribution < 1.29 is 9.90 Å². The minimum absolute atomic E-state index is 0.0202. The highest BCUT2D eigenvalue weighted by Gasteiger charge is 2.31. The number of amides is 1. The van der Waals surface area contributed by atoms with Crippen LogP contribution in [0.2, 0.25) is 0 Å². The molecule has 0 radical (unpaired) electrons. The van der Waals surface area contributed by atoms with Gasteiger partial charge in [-0.2, -0.15) is 0 Å². The van der Waals surface area contributed by atoms with Crippen LogP contribution in [0.15, 0.2) is 35.7 Å².